The maximum atomic E-state index is 13.9. The van der Waals surface area contributed by atoms with Crippen LogP contribution >= 0.6 is 0 Å². The van der Waals surface area contributed by atoms with E-state index in [2.05, 4.69) is 25.7 Å². The number of carbonyl (C=O) groups is 1. The smallest absolute Gasteiger partial charge is 0.416 e. The number of benzene rings is 2. The number of fused-ring (bicyclic) bond motifs is 1. The van der Waals surface area contributed by atoms with Crippen molar-refractivity contribution in [1.82, 2.24) is 4.72 Å². The first kappa shape index (κ1) is 27.7. The Morgan fingerprint density at radius 1 is 1.10 bits per heavy atom. The Morgan fingerprint density at radius 2 is 1.82 bits per heavy atom. The Hall–Kier alpha value is -4.31. The Morgan fingerprint density at radius 3 is 2.49 bits per heavy atom. The molecule has 4 rings (SSSR count). The van der Waals surface area contributed by atoms with Gasteiger partial charge in [0.25, 0.3) is 0 Å². The number of furan rings is 1. The summed E-state index contributed by atoms with van der Waals surface area (Å²) in [5.74, 6) is -0.327. The largest absolute Gasteiger partial charge is 0.423 e. The molecule has 1 aromatic heterocycles. The lowest BCUT2D eigenvalue weighted by Crippen LogP contribution is -2.42. The van der Waals surface area contributed by atoms with Crippen LogP contribution in [0.5, 0.6) is 0 Å². The molecule has 0 saturated heterocycles. The van der Waals surface area contributed by atoms with Crippen molar-refractivity contribution in [2.45, 2.75) is 6.18 Å². The highest BCUT2D eigenvalue weighted by molar-refractivity contribution is 7.88. The van der Waals surface area contributed by atoms with Crippen LogP contribution in [0.3, 0.4) is 0 Å². The van der Waals surface area contributed by atoms with Crippen molar-refractivity contribution < 1.29 is 35.2 Å². The van der Waals surface area contributed by atoms with Crippen molar-refractivity contribution in [3.63, 3.8) is 0 Å². The minimum atomic E-state index is -4.69. The molecular formula is C23H23F4N7O4S. The summed E-state index contributed by atoms with van der Waals surface area (Å²) in [6, 6.07) is 8.72. The maximum absolute atomic E-state index is 13.9. The van der Waals surface area contributed by atoms with E-state index in [0.29, 0.717) is 46.4 Å². The van der Waals surface area contributed by atoms with E-state index in [0.717, 1.165) is 6.26 Å². The highest BCUT2D eigenvalue weighted by Crippen LogP contribution is 2.32. The van der Waals surface area contributed by atoms with Crippen LogP contribution in [-0.2, 0) is 16.2 Å². The zero-order chi connectivity index (χ0) is 28.4. The Bertz CT molecular complexity index is 1610. The monoisotopic (exact) mass is 569 g/mol. The number of nitrogens with two attached hydrogens (primary N) is 1. The molecule has 6 N–H and O–H groups in total. The fourth-order valence-corrected chi connectivity index (χ4v) is 4.05. The molecule has 2 aromatic carbocycles. The van der Waals surface area contributed by atoms with E-state index in [4.69, 9.17) is 10.2 Å². The molecule has 11 nitrogen and oxygen atoms in total. The van der Waals surface area contributed by atoms with Crippen molar-refractivity contribution in [3.05, 3.63) is 70.7 Å². The number of halogens is 4. The number of sulfonamides is 1. The van der Waals surface area contributed by atoms with Crippen LogP contribution in [0.15, 0.2) is 57.9 Å². The first-order valence-electron chi connectivity index (χ1n) is 11.2. The zero-order valence-corrected chi connectivity index (χ0v) is 21.1. The van der Waals surface area contributed by atoms with Crippen LogP contribution in [-0.4, -0.2) is 40.5 Å². The molecule has 0 atom stereocenters. The second-order valence-corrected chi connectivity index (χ2v) is 10.2. The van der Waals surface area contributed by atoms with Crippen molar-refractivity contribution in [2.24, 2.45) is 10.7 Å². The number of alkyl halides is 3. The molecule has 1 aliphatic rings. The summed E-state index contributed by atoms with van der Waals surface area (Å²) in [7, 11) is -3.31. The van der Waals surface area contributed by atoms with Gasteiger partial charge in [0.15, 0.2) is 5.88 Å². The van der Waals surface area contributed by atoms with E-state index < -0.39 is 39.3 Å². The third-order valence-electron chi connectivity index (χ3n) is 5.40. The summed E-state index contributed by atoms with van der Waals surface area (Å²) < 4.78 is 82.8. The van der Waals surface area contributed by atoms with Crippen LogP contribution < -0.4 is 42.1 Å². The number of nitrogens with one attached hydrogen (secondary N) is 4. The lowest BCUT2D eigenvalue weighted by Gasteiger charge is -2.24. The van der Waals surface area contributed by atoms with Crippen LogP contribution in [0.25, 0.3) is 5.82 Å². The van der Waals surface area contributed by atoms with Gasteiger partial charge in [0.2, 0.25) is 15.6 Å². The first-order chi connectivity index (χ1) is 18.3. The van der Waals surface area contributed by atoms with Crippen molar-refractivity contribution in [3.8, 4) is 0 Å². The molecule has 2 amide bonds. The average Bonchev–Trinajstić information content (AvgIpc) is 3.27. The molecule has 0 spiro atoms. The van der Waals surface area contributed by atoms with Gasteiger partial charge in [-0.3, -0.25) is 0 Å². The molecular weight excluding hydrogens is 546 g/mol. The van der Waals surface area contributed by atoms with Crippen molar-refractivity contribution in [1.29, 1.82) is 0 Å². The van der Waals surface area contributed by atoms with Gasteiger partial charge >= 0.3 is 12.2 Å². The second kappa shape index (κ2) is 10.8. The highest BCUT2D eigenvalue weighted by atomic mass is 32.2. The molecule has 0 unspecified atom stereocenters. The highest BCUT2D eigenvalue weighted by Gasteiger charge is 2.31. The van der Waals surface area contributed by atoms with Crippen molar-refractivity contribution >= 4 is 44.8 Å². The maximum Gasteiger partial charge on any atom is 0.416 e. The van der Waals surface area contributed by atoms with Crippen LogP contribution in [0.2, 0.25) is 0 Å². The fourth-order valence-electron chi connectivity index (χ4n) is 3.58. The number of hydrogen-bond acceptors (Lipinski definition) is 8. The topological polar surface area (TPSA) is 154 Å². The minimum absolute atomic E-state index is 0.128. The van der Waals surface area contributed by atoms with E-state index in [-0.39, 0.29) is 25.4 Å². The van der Waals surface area contributed by atoms with E-state index in [1.165, 1.54) is 12.1 Å². The standard InChI is InChI=1S/C23H23F4N7O4S/c1-39(36,37)31-9-8-29-19-11-16-20(28)34(12-30-21(16)38-19)15-5-3-14(4-6-15)32-22(35)33-18-10-13(23(25,26)27)2-7-17(18)24/h2-7,10-11,29,31H,8-9,12,28H2,1H3,(H2,32,33,35). The molecule has 0 bridgehead atoms. The van der Waals surface area contributed by atoms with Gasteiger partial charge in [-0.1, -0.05) is 0 Å². The normalized spacial score (nSPS) is 13.5. The van der Waals surface area contributed by atoms with E-state index in [9.17, 15) is 30.8 Å². The molecule has 0 aliphatic carbocycles. The average molecular weight is 570 g/mol. The van der Waals surface area contributed by atoms with Gasteiger partial charge in [-0.2, -0.15) is 13.2 Å². The summed E-state index contributed by atoms with van der Waals surface area (Å²) in [5.41, 5.74) is 5.81. The summed E-state index contributed by atoms with van der Waals surface area (Å²) in [4.78, 5) is 18.3. The van der Waals surface area contributed by atoms with Gasteiger partial charge in [0.05, 0.1) is 22.7 Å². The molecule has 3 aromatic rings. The van der Waals surface area contributed by atoms with Gasteiger partial charge in [-0.05, 0) is 42.5 Å². The Kier molecular flexibility index (Phi) is 7.69. The van der Waals surface area contributed by atoms with E-state index >= 15 is 0 Å². The van der Waals surface area contributed by atoms with Crippen LogP contribution in [0, 0.1) is 5.82 Å². The van der Waals surface area contributed by atoms with Gasteiger partial charge in [0.1, 0.15) is 18.3 Å². The number of urea groups is 1. The Balaban J connectivity index is 1.41. The number of carbonyl (C=O) groups excluding carboxylic acids is 1. The minimum Gasteiger partial charge on any atom is -0.423 e. The number of hydrogen-bond donors (Lipinski definition) is 5. The van der Waals surface area contributed by atoms with Gasteiger partial charge in [-0.25, -0.2) is 27.3 Å². The number of rotatable bonds is 8. The van der Waals surface area contributed by atoms with Gasteiger partial charge in [-0.15, -0.1) is 0 Å². The van der Waals surface area contributed by atoms with Crippen LogP contribution in [0.4, 0.5) is 45.3 Å². The van der Waals surface area contributed by atoms with Crippen LogP contribution in [0.1, 0.15) is 5.56 Å². The molecule has 2 heterocycles. The Labute approximate surface area is 219 Å². The SMILES string of the molecule is CS(=O)(=O)NCCNc1cc2c(o1)=NCN(c1ccc(NC(=O)Nc3cc(C(F)(F)F)ccc3F)cc1)C=2N. The number of nitrogens with zero attached hydrogens (tertiary/aromatic N) is 2. The summed E-state index contributed by atoms with van der Waals surface area (Å²) >= 11 is 0. The van der Waals surface area contributed by atoms with E-state index in [1.54, 1.807) is 23.1 Å². The second-order valence-electron chi connectivity index (χ2n) is 8.35. The zero-order valence-electron chi connectivity index (χ0n) is 20.3. The molecule has 1 aliphatic heterocycles. The van der Waals surface area contributed by atoms with Gasteiger partial charge in [0, 0.05) is 30.5 Å². The van der Waals surface area contributed by atoms with Crippen molar-refractivity contribution in [2.75, 3.05) is 46.9 Å². The molecule has 0 fully saturated rings. The number of anilines is 4. The predicted octanol–water partition coefficient (Wildman–Crippen LogP) is 2.16. The summed E-state index contributed by atoms with van der Waals surface area (Å²) in [6.45, 7) is 0.551. The quantitative estimate of drug-likeness (QED) is 0.206. The molecule has 16 heteroatoms. The summed E-state index contributed by atoms with van der Waals surface area (Å²) in [6.07, 6.45) is -3.64. The predicted molar refractivity (Wildman–Crippen MR) is 136 cm³/mol. The van der Waals surface area contributed by atoms with Gasteiger partial charge < -0.3 is 31.0 Å². The molecule has 39 heavy (non-hydrogen) atoms. The number of amides is 2. The lowest BCUT2D eigenvalue weighted by atomic mass is 10.2. The first-order valence-corrected chi connectivity index (χ1v) is 13.1. The molecule has 208 valence electrons. The fraction of sp³-hybridized carbons (Fsp3) is 0.217. The third kappa shape index (κ3) is 6.97. The summed E-state index contributed by atoms with van der Waals surface area (Å²) in [5, 5.41) is 7.95. The lowest BCUT2D eigenvalue weighted by molar-refractivity contribution is -0.137. The molecule has 0 radical (unpaired) electrons. The van der Waals surface area contributed by atoms with E-state index in [1.807, 2.05) is 0 Å². The third-order valence-corrected chi connectivity index (χ3v) is 6.13. The molecule has 0 saturated carbocycles.